The molecule has 0 bridgehead atoms. The van der Waals surface area contributed by atoms with Crippen molar-refractivity contribution < 1.29 is 9.18 Å². The molecule has 7 heteroatoms. The van der Waals surface area contributed by atoms with Crippen LogP contribution >= 0.6 is 0 Å². The number of carbonyl (C=O) groups excluding carboxylic acids is 1. The molecule has 3 aromatic rings. The predicted molar refractivity (Wildman–Crippen MR) is 107 cm³/mol. The van der Waals surface area contributed by atoms with Gasteiger partial charge in [0.2, 0.25) is 0 Å². The first-order valence-corrected chi connectivity index (χ1v) is 9.76. The average molecular weight is 394 g/mol. The minimum absolute atomic E-state index is 0.0721. The molecule has 1 atom stereocenters. The Hall–Kier alpha value is -3.22. The fourth-order valence-corrected chi connectivity index (χ4v) is 3.92. The minimum atomic E-state index is -0.515. The Bertz CT molecular complexity index is 1070. The molecule has 0 spiro atoms. The lowest BCUT2D eigenvalue weighted by Crippen LogP contribution is -2.40. The maximum atomic E-state index is 14.1. The normalized spacial score (nSPS) is 16.8. The number of aryl methyl sites for hydroxylation is 1. The molecule has 1 fully saturated rings. The van der Waals surface area contributed by atoms with Crippen molar-refractivity contribution in [1.29, 1.82) is 0 Å². The summed E-state index contributed by atoms with van der Waals surface area (Å²) in [5.74, 6) is -0.233. The van der Waals surface area contributed by atoms with Gasteiger partial charge < -0.3 is 4.90 Å². The molecule has 29 heavy (non-hydrogen) atoms. The summed E-state index contributed by atoms with van der Waals surface area (Å²) in [7, 11) is 1.64. The van der Waals surface area contributed by atoms with Gasteiger partial charge in [-0.25, -0.2) is 13.9 Å². The van der Waals surface area contributed by atoms with Gasteiger partial charge in [0.15, 0.2) is 0 Å². The third kappa shape index (κ3) is 3.85. The summed E-state index contributed by atoms with van der Waals surface area (Å²) < 4.78 is 17.1. The summed E-state index contributed by atoms with van der Waals surface area (Å²) in [6.45, 7) is 1.42. The van der Waals surface area contributed by atoms with Gasteiger partial charge >= 0.3 is 5.69 Å². The number of piperidine rings is 1. The molecule has 4 rings (SSSR count). The van der Waals surface area contributed by atoms with Crippen LogP contribution in [0.1, 0.15) is 40.5 Å². The zero-order valence-electron chi connectivity index (χ0n) is 16.3. The predicted octanol–water partition coefficient (Wildman–Crippen LogP) is 2.79. The monoisotopic (exact) mass is 394 g/mol. The lowest BCUT2D eigenvalue weighted by Gasteiger charge is -2.32. The van der Waals surface area contributed by atoms with Gasteiger partial charge in [0.1, 0.15) is 11.6 Å². The van der Waals surface area contributed by atoms with Crippen LogP contribution in [0.4, 0.5) is 4.39 Å². The Morgan fingerprint density at radius 2 is 1.86 bits per heavy atom. The van der Waals surface area contributed by atoms with E-state index in [0.717, 1.165) is 18.4 Å². The summed E-state index contributed by atoms with van der Waals surface area (Å²) >= 11 is 0. The highest BCUT2D eigenvalue weighted by Gasteiger charge is 2.30. The van der Waals surface area contributed by atoms with E-state index in [9.17, 15) is 14.0 Å². The molecule has 2 aromatic carbocycles. The average Bonchev–Trinajstić information content (AvgIpc) is 3.03. The number of rotatable bonds is 4. The van der Waals surface area contributed by atoms with Gasteiger partial charge in [-0.15, -0.1) is 0 Å². The number of hydrogen-bond donors (Lipinski definition) is 0. The largest absolute Gasteiger partial charge is 0.345 e. The van der Waals surface area contributed by atoms with Crippen LogP contribution in [0, 0.1) is 5.82 Å². The van der Waals surface area contributed by atoms with Crippen LogP contribution in [0.5, 0.6) is 0 Å². The molecule has 1 aliphatic heterocycles. The Labute approximate surface area is 168 Å². The van der Waals surface area contributed by atoms with Gasteiger partial charge in [-0.3, -0.25) is 9.36 Å². The van der Waals surface area contributed by atoms with Gasteiger partial charge in [-0.1, -0.05) is 42.5 Å². The van der Waals surface area contributed by atoms with Crippen molar-refractivity contribution in [3.63, 3.8) is 0 Å². The molecule has 1 saturated heterocycles. The quantitative estimate of drug-likeness (QED) is 0.684. The van der Waals surface area contributed by atoms with E-state index < -0.39 is 5.82 Å². The van der Waals surface area contributed by atoms with Crippen LogP contribution in [0.2, 0.25) is 0 Å². The van der Waals surface area contributed by atoms with Crippen molar-refractivity contribution >= 4 is 5.91 Å². The molecule has 6 nitrogen and oxygen atoms in total. The van der Waals surface area contributed by atoms with Crippen molar-refractivity contribution in [2.75, 3.05) is 13.1 Å². The van der Waals surface area contributed by atoms with E-state index in [2.05, 4.69) is 5.10 Å². The molecule has 0 radical (unpaired) electrons. The van der Waals surface area contributed by atoms with Crippen molar-refractivity contribution in [3.05, 3.63) is 87.9 Å². The van der Waals surface area contributed by atoms with Crippen LogP contribution < -0.4 is 5.69 Å². The molecule has 150 valence electrons. The van der Waals surface area contributed by atoms with Crippen LogP contribution in [0.25, 0.3) is 0 Å². The first kappa shape index (κ1) is 19.1. The molecule has 0 saturated carbocycles. The molecule has 1 aliphatic rings. The molecule has 1 aromatic heterocycles. The SMILES string of the molecule is Cn1nc(C2CCCN(C(=O)c3ccccc3F)C2)n(Cc2ccccc2)c1=O. The second kappa shape index (κ2) is 8.03. The van der Waals surface area contributed by atoms with Crippen LogP contribution in [-0.2, 0) is 13.6 Å². The van der Waals surface area contributed by atoms with E-state index in [1.807, 2.05) is 30.3 Å². The van der Waals surface area contributed by atoms with Crippen LogP contribution in [-0.4, -0.2) is 38.2 Å². The number of aromatic nitrogens is 3. The molecule has 1 amide bonds. The van der Waals surface area contributed by atoms with Crippen molar-refractivity contribution in [2.24, 2.45) is 7.05 Å². The third-order valence-corrected chi connectivity index (χ3v) is 5.40. The summed E-state index contributed by atoms with van der Waals surface area (Å²) in [5.41, 5.74) is 0.913. The van der Waals surface area contributed by atoms with E-state index in [-0.39, 0.29) is 23.1 Å². The highest BCUT2D eigenvalue weighted by molar-refractivity contribution is 5.94. The van der Waals surface area contributed by atoms with Crippen molar-refractivity contribution in [2.45, 2.75) is 25.3 Å². The Morgan fingerprint density at radius 3 is 2.62 bits per heavy atom. The Kier molecular flexibility index (Phi) is 5.29. The highest BCUT2D eigenvalue weighted by atomic mass is 19.1. The zero-order chi connectivity index (χ0) is 20.4. The number of halogens is 1. The van der Waals surface area contributed by atoms with E-state index in [4.69, 9.17) is 0 Å². The van der Waals surface area contributed by atoms with E-state index in [1.54, 1.807) is 28.6 Å². The number of nitrogens with zero attached hydrogens (tertiary/aromatic N) is 4. The lowest BCUT2D eigenvalue weighted by atomic mass is 9.96. The Morgan fingerprint density at radius 1 is 1.14 bits per heavy atom. The minimum Gasteiger partial charge on any atom is -0.338 e. The second-order valence-corrected chi connectivity index (χ2v) is 7.41. The number of hydrogen-bond acceptors (Lipinski definition) is 3. The van der Waals surface area contributed by atoms with Crippen molar-refractivity contribution in [1.82, 2.24) is 19.2 Å². The van der Waals surface area contributed by atoms with Gasteiger partial charge in [0.25, 0.3) is 5.91 Å². The Balaban J connectivity index is 1.60. The maximum Gasteiger partial charge on any atom is 0.345 e. The molecule has 2 heterocycles. The van der Waals surface area contributed by atoms with Gasteiger partial charge in [0, 0.05) is 26.1 Å². The van der Waals surface area contributed by atoms with Crippen LogP contribution in [0.15, 0.2) is 59.4 Å². The molecular weight excluding hydrogens is 371 g/mol. The van der Waals surface area contributed by atoms with E-state index in [0.29, 0.717) is 25.5 Å². The first-order valence-electron chi connectivity index (χ1n) is 9.76. The summed E-state index contributed by atoms with van der Waals surface area (Å²) in [6, 6.07) is 15.8. The molecule has 0 aliphatic carbocycles. The first-order chi connectivity index (χ1) is 14.0. The van der Waals surface area contributed by atoms with Gasteiger partial charge in [-0.2, -0.15) is 5.10 Å². The molecule has 0 N–H and O–H groups in total. The number of likely N-dealkylation sites (tertiary alicyclic amines) is 1. The number of amides is 1. The van der Waals surface area contributed by atoms with E-state index >= 15 is 0 Å². The number of carbonyl (C=O) groups is 1. The van der Waals surface area contributed by atoms with Crippen LogP contribution in [0.3, 0.4) is 0 Å². The molecule has 1 unspecified atom stereocenters. The van der Waals surface area contributed by atoms with Gasteiger partial charge in [-0.05, 0) is 30.5 Å². The summed E-state index contributed by atoms with van der Waals surface area (Å²) in [5, 5.41) is 4.47. The summed E-state index contributed by atoms with van der Waals surface area (Å²) in [4.78, 5) is 27.2. The topological polar surface area (TPSA) is 60.1 Å². The number of benzene rings is 2. The third-order valence-electron chi connectivity index (χ3n) is 5.40. The fourth-order valence-electron chi connectivity index (χ4n) is 3.92. The standard InChI is InChI=1S/C22H23FN4O2/c1-25-22(29)27(14-16-8-3-2-4-9-16)20(24-25)17-10-7-13-26(15-17)21(28)18-11-5-6-12-19(18)23/h2-6,8-9,11-12,17H,7,10,13-15H2,1H3. The smallest absolute Gasteiger partial charge is 0.338 e. The zero-order valence-corrected chi connectivity index (χ0v) is 16.3. The van der Waals surface area contributed by atoms with E-state index in [1.165, 1.54) is 16.8 Å². The fraction of sp³-hybridized carbons (Fsp3) is 0.318. The second-order valence-electron chi connectivity index (χ2n) is 7.41. The summed E-state index contributed by atoms with van der Waals surface area (Å²) in [6.07, 6.45) is 1.60. The molecular formula is C22H23FN4O2. The highest BCUT2D eigenvalue weighted by Crippen LogP contribution is 2.27. The maximum absolute atomic E-state index is 14.1. The van der Waals surface area contributed by atoms with Crippen molar-refractivity contribution in [3.8, 4) is 0 Å². The van der Waals surface area contributed by atoms with Gasteiger partial charge in [0.05, 0.1) is 12.1 Å². The lowest BCUT2D eigenvalue weighted by molar-refractivity contribution is 0.0698.